The number of amides is 1. The Labute approximate surface area is 120 Å². The Kier molecular flexibility index (Phi) is 3.42. The Morgan fingerprint density at radius 2 is 2.14 bits per heavy atom. The number of nitrogens with zero attached hydrogens (tertiary/aromatic N) is 4. The van der Waals surface area contributed by atoms with Gasteiger partial charge in [-0.1, -0.05) is 24.3 Å². The molecule has 1 amide bonds. The maximum Gasteiger partial charge on any atom is 0.279 e. The van der Waals surface area contributed by atoms with E-state index in [0.29, 0.717) is 28.8 Å². The zero-order valence-corrected chi connectivity index (χ0v) is 11.2. The van der Waals surface area contributed by atoms with Crippen LogP contribution < -0.4 is 5.49 Å². The minimum atomic E-state index is -0.333. The molecule has 0 fully saturated rings. The van der Waals surface area contributed by atoms with Crippen LogP contribution in [0.15, 0.2) is 60.6 Å². The highest BCUT2D eigenvalue weighted by molar-refractivity contribution is 5.95. The van der Waals surface area contributed by atoms with Crippen molar-refractivity contribution in [2.45, 2.75) is 6.54 Å². The fourth-order valence-electron chi connectivity index (χ4n) is 2.01. The maximum absolute atomic E-state index is 12.1. The van der Waals surface area contributed by atoms with Gasteiger partial charge in [0.25, 0.3) is 5.91 Å². The van der Waals surface area contributed by atoms with E-state index in [1.54, 1.807) is 43.0 Å². The molecule has 3 aromatic rings. The number of rotatable bonds is 3. The van der Waals surface area contributed by atoms with E-state index < -0.39 is 0 Å². The van der Waals surface area contributed by atoms with Crippen molar-refractivity contribution in [3.63, 3.8) is 0 Å². The summed E-state index contributed by atoms with van der Waals surface area (Å²) in [5.74, 6) is -0.333. The molecule has 21 heavy (non-hydrogen) atoms. The highest BCUT2D eigenvalue weighted by Gasteiger charge is 2.07. The van der Waals surface area contributed by atoms with Gasteiger partial charge in [0.05, 0.1) is 12.7 Å². The molecule has 3 rings (SSSR count). The second kappa shape index (κ2) is 5.54. The molecule has 0 spiro atoms. The van der Waals surface area contributed by atoms with Crippen molar-refractivity contribution >= 4 is 17.1 Å². The first-order chi connectivity index (χ1) is 10.3. The van der Waals surface area contributed by atoms with Crippen LogP contribution >= 0.6 is 0 Å². The number of aromatic amines is 1. The predicted molar refractivity (Wildman–Crippen MR) is 78.4 cm³/mol. The summed E-state index contributed by atoms with van der Waals surface area (Å²) in [6.45, 7) is 4.28. The molecule has 0 unspecified atom stereocenters. The summed E-state index contributed by atoms with van der Waals surface area (Å²) in [4.78, 5) is 27.6. The van der Waals surface area contributed by atoms with Gasteiger partial charge in [-0.2, -0.15) is 4.99 Å². The molecule has 0 saturated carbocycles. The van der Waals surface area contributed by atoms with E-state index in [1.165, 1.54) is 0 Å². The normalized spacial score (nSPS) is 11.7. The third-order valence-electron chi connectivity index (χ3n) is 2.99. The maximum atomic E-state index is 12.1. The van der Waals surface area contributed by atoms with Crippen molar-refractivity contribution in [2.24, 2.45) is 4.99 Å². The number of H-pyrrole nitrogens is 1. The van der Waals surface area contributed by atoms with E-state index in [9.17, 15) is 4.79 Å². The molecule has 0 saturated heterocycles. The molecule has 0 atom stereocenters. The SMILES string of the molecule is C=CCn1cnc(=NC(=O)c2ccccc2)c2[nH]cnc21. The van der Waals surface area contributed by atoms with Crippen LogP contribution in [0.25, 0.3) is 11.2 Å². The monoisotopic (exact) mass is 279 g/mol. The van der Waals surface area contributed by atoms with Gasteiger partial charge in [-0.25, -0.2) is 9.97 Å². The number of carbonyl (C=O) groups excluding carboxylic acids is 1. The number of allylic oxidation sites excluding steroid dienone is 1. The Balaban J connectivity index is 2.11. The largest absolute Gasteiger partial charge is 0.340 e. The third-order valence-corrected chi connectivity index (χ3v) is 2.99. The number of hydrogen-bond donors (Lipinski definition) is 1. The average Bonchev–Trinajstić information content (AvgIpc) is 3.01. The van der Waals surface area contributed by atoms with E-state index in [1.807, 2.05) is 10.6 Å². The van der Waals surface area contributed by atoms with E-state index >= 15 is 0 Å². The van der Waals surface area contributed by atoms with Crippen molar-refractivity contribution in [3.05, 3.63) is 66.7 Å². The molecule has 0 bridgehead atoms. The second-order valence-corrected chi connectivity index (χ2v) is 4.39. The fraction of sp³-hybridized carbons (Fsp3) is 0.0667. The first-order valence-electron chi connectivity index (χ1n) is 6.43. The number of fused-ring (bicyclic) bond motifs is 1. The van der Waals surface area contributed by atoms with Crippen LogP contribution in [0.1, 0.15) is 10.4 Å². The highest BCUT2D eigenvalue weighted by atomic mass is 16.1. The molecule has 1 aromatic carbocycles. The summed E-state index contributed by atoms with van der Waals surface area (Å²) in [5.41, 5.74) is 2.17. The molecule has 2 aromatic heterocycles. The van der Waals surface area contributed by atoms with Crippen LogP contribution in [0.5, 0.6) is 0 Å². The van der Waals surface area contributed by atoms with Crippen molar-refractivity contribution in [3.8, 4) is 0 Å². The van der Waals surface area contributed by atoms with E-state index in [4.69, 9.17) is 0 Å². The topological polar surface area (TPSA) is 75.9 Å². The number of imidazole rings is 1. The lowest BCUT2D eigenvalue weighted by molar-refractivity contribution is 0.0998. The summed E-state index contributed by atoms with van der Waals surface area (Å²) in [6.07, 6.45) is 4.90. The second-order valence-electron chi connectivity index (χ2n) is 4.39. The van der Waals surface area contributed by atoms with Gasteiger partial charge in [0.15, 0.2) is 11.1 Å². The molecular formula is C15H13N5O. The van der Waals surface area contributed by atoms with Gasteiger partial charge in [-0.3, -0.25) is 4.79 Å². The quantitative estimate of drug-likeness (QED) is 0.741. The lowest BCUT2D eigenvalue weighted by Crippen LogP contribution is -2.16. The molecular weight excluding hydrogens is 266 g/mol. The minimum Gasteiger partial charge on any atom is -0.340 e. The van der Waals surface area contributed by atoms with Crippen LogP contribution in [0, 0.1) is 0 Å². The summed E-state index contributed by atoms with van der Waals surface area (Å²) < 4.78 is 1.82. The van der Waals surface area contributed by atoms with Crippen molar-refractivity contribution in [1.82, 2.24) is 19.5 Å². The van der Waals surface area contributed by atoms with E-state index in [0.717, 1.165) is 0 Å². The number of hydrogen-bond acceptors (Lipinski definition) is 3. The van der Waals surface area contributed by atoms with Gasteiger partial charge in [0.1, 0.15) is 5.52 Å². The van der Waals surface area contributed by atoms with Crippen LogP contribution in [-0.2, 0) is 6.54 Å². The van der Waals surface area contributed by atoms with Crippen molar-refractivity contribution in [1.29, 1.82) is 0 Å². The van der Waals surface area contributed by atoms with Gasteiger partial charge < -0.3 is 9.55 Å². The molecule has 0 aliphatic carbocycles. The van der Waals surface area contributed by atoms with Crippen LogP contribution in [0.4, 0.5) is 0 Å². The summed E-state index contributed by atoms with van der Waals surface area (Å²) in [5, 5.41) is 0. The minimum absolute atomic E-state index is 0.330. The van der Waals surface area contributed by atoms with Gasteiger partial charge in [0, 0.05) is 12.1 Å². The third kappa shape index (κ3) is 2.51. The Bertz CT molecular complexity index is 860. The van der Waals surface area contributed by atoms with E-state index in [-0.39, 0.29) is 5.91 Å². The summed E-state index contributed by atoms with van der Waals surface area (Å²) in [6, 6.07) is 8.88. The predicted octanol–water partition coefficient (Wildman–Crippen LogP) is 1.69. The van der Waals surface area contributed by atoms with E-state index in [2.05, 4.69) is 26.5 Å². The molecule has 104 valence electrons. The zero-order chi connectivity index (χ0) is 14.7. The molecule has 6 heteroatoms. The Hall–Kier alpha value is -3.02. The number of benzene rings is 1. The summed E-state index contributed by atoms with van der Waals surface area (Å²) in [7, 11) is 0. The number of carbonyl (C=O) groups is 1. The Morgan fingerprint density at radius 1 is 1.33 bits per heavy atom. The highest BCUT2D eigenvalue weighted by Crippen LogP contribution is 2.04. The first-order valence-corrected chi connectivity index (χ1v) is 6.43. The lowest BCUT2D eigenvalue weighted by Gasteiger charge is -2.02. The Morgan fingerprint density at radius 3 is 2.90 bits per heavy atom. The van der Waals surface area contributed by atoms with Gasteiger partial charge in [0.2, 0.25) is 0 Å². The van der Waals surface area contributed by atoms with Crippen molar-refractivity contribution in [2.75, 3.05) is 0 Å². The number of aromatic nitrogens is 4. The van der Waals surface area contributed by atoms with Crippen LogP contribution in [0.3, 0.4) is 0 Å². The molecule has 2 heterocycles. The molecule has 6 nitrogen and oxygen atoms in total. The van der Waals surface area contributed by atoms with Crippen LogP contribution in [0.2, 0.25) is 0 Å². The number of nitrogens with one attached hydrogen (secondary N) is 1. The average molecular weight is 279 g/mol. The van der Waals surface area contributed by atoms with Gasteiger partial charge in [-0.05, 0) is 12.1 Å². The molecule has 0 radical (unpaired) electrons. The standard InChI is InChI=1S/C15H13N5O/c1-2-8-20-10-18-13(12-14(20)17-9-16-12)19-15(21)11-6-4-3-5-7-11/h2-7,9-10H,1,8H2,(H,16,17). The van der Waals surface area contributed by atoms with Gasteiger partial charge in [-0.15, -0.1) is 6.58 Å². The zero-order valence-electron chi connectivity index (χ0n) is 11.2. The summed E-state index contributed by atoms with van der Waals surface area (Å²) >= 11 is 0. The molecule has 0 aliphatic heterocycles. The smallest absolute Gasteiger partial charge is 0.279 e. The van der Waals surface area contributed by atoms with Crippen molar-refractivity contribution < 1.29 is 4.79 Å². The van der Waals surface area contributed by atoms with Crippen LogP contribution in [-0.4, -0.2) is 25.4 Å². The molecule has 0 aliphatic rings. The first kappa shape index (κ1) is 13.0. The van der Waals surface area contributed by atoms with Gasteiger partial charge >= 0.3 is 0 Å². The fourth-order valence-corrected chi connectivity index (χ4v) is 2.01. The lowest BCUT2D eigenvalue weighted by atomic mass is 10.2. The molecule has 1 N–H and O–H groups in total.